The van der Waals surface area contributed by atoms with Gasteiger partial charge < -0.3 is 14.6 Å². The zero-order chi connectivity index (χ0) is 14.1. The molecule has 1 aliphatic heterocycles. The summed E-state index contributed by atoms with van der Waals surface area (Å²) in [6.45, 7) is 3.98. The maximum absolute atomic E-state index is 12.3. The predicted octanol–water partition coefficient (Wildman–Crippen LogP) is 2.02. The molecule has 104 valence electrons. The van der Waals surface area contributed by atoms with Gasteiger partial charge in [-0.25, -0.2) is 0 Å². The molecule has 1 amide bonds. The van der Waals surface area contributed by atoms with E-state index in [9.17, 15) is 4.79 Å². The molecule has 0 radical (unpaired) electrons. The van der Waals surface area contributed by atoms with Crippen molar-refractivity contribution in [3.05, 3.63) is 46.8 Å². The van der Waals surface area contributed by atoms with Crippen LogP contribution >= 0.6 is 0 Å². The topological polar surface area (TPSA) is 64.4 Å². The van der Waals surface area contributed by atoms with Gasteiger partial charge in [0.2, 0.25) is 0 Å². The number of ether oxygens (including phenoxy) is 1. The average molecular weight is 272 g/mol. The van der Waals surface area contributed by atoms with Crippen LogP contribution in [0.1, 0.15) is 27.4 Å². The number of aromatic nitrogens is 1. The summed E-state index contributed by atoms with van der Waals surface area (Å²) in [6, 6.07) is 7.85. The Labute approximate surface area is 116 Å². The second kappa shape index (κ2) is 5.00. The summed E-state index contributed by atoms with van der Waals surface area (Å²) in [7, 11) is 0. The number of nitrogens with zero attached hydrogens (tertiary/aromatic N) is 1. The lowest BCUT2D eigenvalue weighted by Gasteiger charge is -2.25. The minimum absolute atomic E-state index is 0.0360. The lowest BCUT2D eigenvalue weighted by molar-refractivity contribution is 0.0913. The Morgan fingerprint density at radius 3 is 2.90 bits per heavy atom. The molecule has 0 saturated carbocycles. The Balaban J connectivity index is 1.73. The molecule has 2 aromatic rings. The number of aryl methyl sites for hydroxylation is 2. The SMILES string of the molecule is Cc1noc(C)c1C(=O)NC1COc2ccccc2C1. The van der Waals surface area contributed by atoms with Crippen molar-refractivity contribution < 1.29 is 14.1 Å². The molecule has 5 heteroatoms. The van der Waals surface area contributed by atoms with E-state index >= 15 is 0 Å². The quantitative estimate of drug-likeness (QED) is 0.908. The van der Waals surface area contributed by atoms with Crippen molar-refractivity contribution >= 4 is 5.91 Å². The van der Waals surface area contributed by atoms with Crippen LogP contribution in [0.2, 0.25) is 0 Å². The van der Waals surface area contributed by atoms with Crippen LogP contribution in [0.3, 0.4) is 0 Å². The largest absolute Gasteiger partial charge is 0.491 e. The Kier molecular flexibility index (Phi) is 3.18. The summed E-state index contributed by atoms with van der Waals surface area (Å²) in [6.07, 6.45) is 0.769. The van der Waals surface area contributed by atoms with Crippen LogP contribution in [0.25, 0.3) is 0 Å². The molecule has 0 bridgehead atoms. The third-order valence-electron chi connectivity index (χ3n) is 3.47. The second-order valence-corrected chi connectivity index (χ2v) is 4.99. The molecule has 0 saturated heterocycles. The number of hydrogen-bond donors (Lipinski definition) is 1. The first-order valence-electron chi connectivity index (χ1n) is 6.59. The van der Waals surface area contributed by atoms with Crippen molar-refractivity contribution in [2.75, 3.05) is 6.61 Å². The smallest absolute Gasteiger partial charge is 0.257 e. The van der Waals surface area contributed by atoms with Crippen molar-refractivity contribution in [3.8, 4) is 5.75 Å². The molecule has 20 heavy (non-hydrogen) atoms. The van der Waals surface area contributed by atoms with E-state index in [2.05, 4.69) is 10.5 Å². The number of fused-ring (bicyclic) bond motifs is 1. The highest BCUT2D eigenvalue weighted by Crippen LogP contribution is 2.24. The predicted molar refractivity (Wildman–Crippen MR) is 72.9 cm³/mol. The molecule has 1 aliphatic rings. The molecule has 5 nitrogen and oxygen atoms in total. The molecule has 1 aromatic heterocycles. The van der Waals surface area contributed by atoms with E-state index < -0.39 is 0 Å². The van der Waals surface area contributed by atoms with Gasteiger partial charge in [0.15, 0.2) is 0 Å². The number of benzene rings is 1. The van der Waals surface area contributed by atoms with Gasteiger partial charge in [0, 0.05) is 0 Å². The fourth-order valence-electron chi connectivity index (χ4n) is 2.49. The standard InChI is InChI=1S/C15H16N2O3/c1-9-14(10(2)20-17-9)15(18)16-12-7-11-5-3-4-6-13(11)19-8-12/h3-6,12H,7-8H2,1-2H3,(H,16,18). The van der Waals surface area contributed by atoms with Crippen LogP contribution in [-0.4, -0.2) is 23.7 Å². The summed E-state index contributed by atoms with van der Waals surface area (Å²) < 4.78 is 10.7. The van der Waals surface area contributed by atoms with Crippen molar-refractivity contribution in [2.24, 2.45) is 0 Å². The molecule has 3 rings (SSSR count). The molecule has 1 unspecified atom stereocenters. The Morgan fingerprint density at radius 2 is 2.15 bits per heavy atom. The third kappa shape index (κ3) is 2.27. The fraction of sp³-hybridized carbons (Fsp3) is 0.333. The van der Waals surface area contributed by atoms with Crippen LogP contribution in [0.5, 0.6) is 5.75 Å². The molecular formula is C15H16N2O3. The van der Waals surface area contributed by atoms with E-state index in [1.807, 2.05) is 24.3 Å². The molecule has 0 spiro atoms. The summed E-state index contributed by atoms with van der Waals surface area (Å²) in [5, 5.41) is 6.78. The van der Waals surface area contributed by atoms with Gasteiger partial charge >= 0.3 is 0 Å². The molecule has 2 heterocycles. The molecule has 1 N–H and O–H groups in total. The zero-order valence-corrected chi connectivity index (χ0v) is 11.5. The number of rotatable bonds is 2. The van der Waals surface area contributed by atoms with Crippen LogP contribution in [0.4, 0.5) is 0 Å². The van der Waals surface area contributed by atoms with E-state index in [0.29, 0.717) is 23.6 Å². The Hall–Kier alpha value is -2.30. The van der Waals surface area contributed by atoms with E-state index in [1.54, 1.807) is 13.8 Å². The average Bonchev–Trinajstić information content (AvgIpc) is 2.78. The number of carbonyl (C=O) groups excluding carboxylic acids is 1. The highest BCUT2D eigenvalue weighted by Gasteiger charge is 2.24. The maximum Gasteiger partial charge on any atom is 0.257 e. The normalized spacial score (nSPS) is 17.2. The fourth-order valence-corrected chi connectivity index (χ4v) is 2.49. The van der Waals surface area contributed by atoms with E-state index in [-0.39, 0.29) is 11.9 Å². The second-order valence-electron chi connectivity index (χ2n) is 4.99. The molecule has 0 fully saturated rings. The molecular weight excluding hydrogens is 256 g/mol. The number of amides is 1. The van der Waals surface area contributed by atoms with Crippen molar-refractivity contribution in [1.29, 1.82) is 0 Å². The number of para-hydroxylation sites is 1. The number of hydrogen-bond acceptors (Lipinski definition) is 4. The van der Waals surface area contributed by atoms with Crippen molar-refractivity contribution in [3.63, 3.8) is 0 Å². The maximum atomic E-state index is 12.3. The lowest BCUT2D eigenvalue weighted by atomic mass is 10.0. The van der Waals surface area contributed by atoms with Gasteiger partial charge in [0.25, 0.3) is 5.91 Å². The summed E-state index contributed by atoms with van der Waals surface area (Å²) in [5.41, 5.74) is 2.24. The van der Waals surface area contributed by atoms with Gasteiger partial charge in [-0.15, -0.1) is 0 Å². The van der Waals surface area contributed by atoms with Crippen LogP contribution in [0.15, 0.2) is 28.8 Å². The summed E-state index contributed by atoms with van der Waals surface area (Å²) in [4.78, 5) is 12.3. The third-order valence-corrected chi connectivity index (χ3v) is 3.47. The van der Waals surface area contributed by atoms with Gasteiger partial charge in [0.1, 0.15) is 23.7 Å². The van der Waals surface area contributed by atoms with E-state index in [1.165, 1.54) is 0 Å². The van der Waals surface area contributed by atoms with E-state index in [0.717, 1.165) is 17.7 Å². The van der Waals surface area contributed by atoms with Gasteiger partial charge in [0.05, 0.1) is 11.7 Å². The number of carbonyl (C=O) groups is 1. The van der Waals surface area contributed by atoms with E-state index in [4.69, 9.17) is 9.26 Å². The van der Waals surface area contributed by atoms with Gasteiger partial charge in [-0.2, -0.15) is 0 Å². The van der Waals surface area contributed by atoms with Crippen LogP contribution < -0.4 is 10.1 Å². The molecule has 1 aromatic carbocycles. The summed E-state index contributed by atoms with van der Waals surface area (Å²) >= 11 is 0. The number of nitrogens with one attached hydrogen (secondary N) is 1. The molecule has 0 aliphatic carbocycles. The van der Waals surface area contributed by atoms with Crippen LogP contribution in [-0.2, 0) is 6.42 Å². The first kappa shape index (κ1) is 12.7. The molecule has 1 atom stereocenters. The van der Waals surface area contributed by atoms with Crippen molar-refractivity contribution in [2.45, 2.75) is 26.3 Å². The zero-order valence-electron chi connectivity index (χ0n) is 11.5. The minimum Gasteiger partial charge on any atom is -0.491 e. The Morgan fingerprint density at radius 1 is 1.35 bits per heavy atom. The highest BCUT2D eigenvalue weighted by molar-refractivity contribution is 5.96. The first-order valence-corrected chi connectivity index (χ1v) is 6.59. The lowest BCUT2D eigenvalue weighted by Crippen LogP contribution is -2.43. The Bertz CT molecular complexity index is 629. The van der Waals surface area contributed by atoms with Gasteiger partial charge in [-0.1, -0.05) is 23.4 Å². The van der Waals surface area contributed by atoms with Crippen LogP contribution in [0, 0.1) is 13.8 Å². The monoisotopic (exact) mass is 272 g/mol. The first-order chi connectivity index (χ1) is 9.65. The summed E-state index contributed by atoms with van der Waals surface area (Å²) in [5.74, 6) is 1.28. The van der Waals surface area contributed by atoms with Crippen molar-refractivity contribution in [1.82, 2.24) is 10.5 Å². The van der Waals surface area contributed by atoms with Gasteiger partial charge in [-0.3, -0.25) is 4.79 Å². The van der Waals surface area contributed by atoms with Gasteiger partial charge in [-0.05, 0) is 31.9 Å². The minimum atomic E-state index is -0.158. The highest BCUT2D eigenvalue weighted by atomic mass is 16.5.